The Hall–Kier alpha value is -2.41. The predicted octanol–water partition coefficient (Wildman–Crippen LogP) is 2.28. The van der Waals surface area contributed by atoms with Crippen LogP contribution in [0.25, 0.3) is 5.65 Å². The summed E-state index contributed by atoms with van der Waals surface area (Å²) in [6.07, 6.45) is 2.97. The van der Waals surface area contributed by atoms with Crippen molar-refractivity contribution in [3.8, 4) is 0 Å². The van der Waals surface area contributed by atoms with Crippen LogP contribution in [-0.2, 0) is 0 Å². The number of pyridine rings is 2. The summed E-state index contributed by atoms with van der Waals surface area (Å²) in [5.74, 6) is -0.968. The molecule has 3 aromatic rings. The lowest BCUT2D eigenvalue weighted by molar-refractivity contribution is 0.0696. The van der Waals surface area contributed by atoms with Crippen LogP contribution in [0.5, 0.6) is 0 Å². The van der Waals surface area contributed by atoms with E-state index in [1.165, 1.54) is 36.4 Å². The highest BCUT2D eigenvalue weighted by atomic mass is 32.2. The van der Waals surface area contributed by atoms with E-state index in [0.717, 1.165) is 16.2 Å². The zero-order chi connectivity index (χ0) is 14.1. The molecule has 0 aliphatic carbocycles. The molecule has 3 rings (SSSR count). The standard InChI is InChI=1S/C13H10N4O2S/c1-8-4-10-15-7-16-17(10)12(5-8)20-11-6-9(13(18)19)2-3-14-11/h2-7H,1H3,(H,18,19). The Morgan fingerprint density at radius 1 is 1.30 bits per heavy atom. The lowest BCUT2D eigenvalue weighted by Crippen LogP contribution is -1.98. The number of carboxylic acid groups (broad SMARTS) is 1. The number of carboxylic acids is 1. The molecule has 0 spiro atoms. The maximum atomic E-state index is 11.0. The van der Waals surface area contributed by atoms with Gasteiger partial charge in [0.05, 0.1) is 5.56 Å². The summed E-state index contributed by atoms with van der Waals surface area (Å²) in [4.78, 5) is 19.3. The van der Waals surface area contributed by atoms with Crippen molar-refractivity contribution in [1.29, 1.82) is 0 Å². The number of aromatic carboxylic acids is 1. The van der Waals surface area contributed by atoms with Crippen molar-refractivity contribution in [2.75, 3.05) is 0 Å². The van der Waals surface area contributed by atoms with Crippen LogP contribution >= 0.6 is 11.8 Å². The van der Waals surface area contributed by atoms with E-state index in [1.54, 1.807) is 4.52 Å². The van der Waals surface area contributed by atoms with Gasteiger partial charge in [-0.3, -0.25) is 0 Å². The van der Waals surface area contributed by atoms with Crippen LogP contribution in [0.2, 0.25) is 0 Å². The number of fused-ring (bicyclic) bond motifs is 1. The van der Waals surface area contributed by atoms with Gasteiger partial charge >= 0.3 is 5.97 Å². The molecule has 0 fully saturated rings. The highest BCUT2D eigenvalue weighted by Crippen LogP contribution is 2.27. The number of nitrogens with zero attached hydrogens (tertiary/aromatic N) is 4. The molecule has 6 nitrogen and oxygen atoms in total. The van der Waals surface area contributed by atoms with E-state index in [4.69, 9.17) is 5.11 Å². The molecule has 0 amide bonds. The second-order valence-corrected chi connectivity index (χ2v) is 5.23. The third-order valence-corrected chi connectivity index (χ3v) is 3.61. The first-order valence-corrected chi connectivity index (χ1v) is 6.63. The summed E-state index contributed by atoms with van der Waals surface area (Å²) in [6, 6.07) is 6.89. The highest BCUT2D eigenvalue weighted by Gasteiger charge is 2.09. The third-order valence-electron chi connectivity index (χ3n) is 2.68. The molecule has 20 heavy (non-hydrogen) atoms. The second kappa shape index (κ2) is 4.93. The molecule has 3 heterocycles. The van der Waals surface area contributed by atoms with Crippen molar-refractivity contribution in [2.24, 2.45) is 0 Å². The Kier molecular flexibility index (Phi) is 3.11. The number of hydrogen-bond acceptors (Lipinski definition) is 5. The van der Waals surface area contributed by atoms with Gasteiger partial charge in [-0.25, -0.2) is 19.3 Å². The fourth-order valence-corrected chi connectivity index (χ4v) is 2.78. The van der Waals surface area contributed by atoms with Crippen molar-refractivity contribution in [1.82, 2.24) is 19.6 Å². The van der Waals surface area contributed by atoms with Crippen molar-refractivity contribution < 1.29 is 9.90 Å². The monoisotopic (exact) mass is 286 g/mol. The largest absolute Gasteiger partial charge is 0.478 e. The van der Waals surface area contributed by atoms with E-state index in [2.05, 4.69) is 15.1 Å². The van der Waals surface area contributed by atoms with Crippen LogP contribution in [0, 0.1) is 6.92 Å². The summed E-state index contributed by atoms with van der Waals surface area (Å²) >= 11 is 1.35. The van der Waals surface area contributed by atoms with Crippen LogP contribution in [0.4, 0.5) is 0 Å². The first kappa shape index (κ1) is 12.6. The zero-order valence-corrected chi connectivity index (χ0v) is 11.3. The Bertz CT molecular complexity index is 800. The van der Waals surface area contributed by atoms with Gasteiger partial charge in [0.15, 0.2) is 5.65 Å². The molecular formula is C13H10N4O2S. The molecular weight excluding hydrogens is 276 g/mol. The van der Waals surface area contributed by atoms with Gasteiger partial charge in [-0.2, -0.15) is 5.10 Å². The second-order valence-electron chi connectivity index (χ2n) is 4.19. The van der Waals surface area contributed by atoms with E-state index in [-0.39, 0.29) is 5.56 Å². The normalized spacial score (nSPS) is 10.8. The van der Waals surface area contributed by atoms with Crippen LogP contribution in [0.1, 0.15) is 15.9 Å². The van der Waals surface area contributed by atoms with Gasteiger partial charge in [0.25, 0.3) is 0 Å². The average Bonchev–Trinajstić information content (AvgIpc) is 2.87. The minimum absolute atomic E-state index is 0.213. The summed E-state index contributed by atoms with van der Waals surface area (Å²) in [6.45, 7) is 1.97. The SMILES string of the molecule is Cc1cc(Sc2cc(C(=O)O)ccn2)n2ncnc2c1. The molecule has 0 aliphatic rings. The van der Waals surface area contributed by atoms with E-state index in [1.807, 2.05) is 19.1 Å². The summed E-state index contributed by atoms with van der Waals surface area (Å²) in [5, 5.41) is 14.6. The third kappa shape index (κ3) is 2.35. The number of hydrogen-bond donors (Lipinski definition) is 1. The topological polar surface area (TPSA) is 80.4 Å². The van der Waals surface area contributed by atoms with Gasteiger partial charge in [0, 0.05) is 6.20 Å². The summed E-state index contributed by atoms with van der Waals surface area (Å²) in [7, 11) is 0. The minimum atomic E-state index is -0.968. The van der Waals surface area contributed by atoms with Gasteiger partial charge in [0.2, 0.25) is 0 Å². The quantitative estimate of drug-likeness (QED) is 0.795. The van der Waals surface area contributed by atoms with Crippen LogP contribution < -0.4 is 0 Å². The molecule has 0 aliphatic heterocycles. The molecule has 0 radical (unpaired) electrons. The first-order valence-electron chi connectivity index (χ1n) is 5.81. The van der Waals surface area contributed by atoms with Crippen molar-refractivity contribution in [3.63, 3.8) is 0 Å². The van der Waals surface area contributed by atoms with Crippen molar-refractivity contribution in [3.05, 3.63) is 47.9 Å². The van der Waals surface area contributed by atoms with Crippen molar-refractivity contribution in [2.45, 2.75) is 17.0 Å². The van der Waals surface area contributed by atoms with Crippen LogP contribution in [0.3, 0.4) is 0 Å². The first-order chi connectivity index (χ1) is 9.63. The van der Waals surface area contributed by atoms with Gasteiger partial charge < -0.3 is 5.11 Å². The Balaban J connectivity index is 2.02. The van der Waals surface area contributed by atoms with E-state index < -0.39 is 5.97 Å². The molecule has 100 valence electrons. The van der Waals surface area contributed by atoms with Gasteiger partial charge in [-0.1, -0.05) is 0 Å². The Morgan fingerprint density at radius 2 is 2.15 bits per heavy atom. The fraction of sp³-hybridized carbons (Fsp3) is 0.0769. The summed E-state index contributed by atoms with van der Waals surface area (Å²) < 4.78 is 1.70. The molecule has 0 saturated heterocycles. The predicted molar refractivity (Wildman–Crippen MR) is 73.0 cm³/mol. The lowest BCUT2D eigenvalue weighted by Gasteiger charge is -2.05. The number of rotatable bonds is 3. The maximum absolute atomic E-state index is 11.0. The maximum Gasteiger partial charge on any atom is 0.335 e. The average molecular weight is 286 g/mol. The molecule has 7 heteroatoms. The number of aromatic nitrogens is 4. The number of carbonyl (C=O) groups is 1. The van der Waals surface area contributed by atoms with E-state index in [0.29, 0.717) is 5.03 Å². The molecule has 0 saturated carbocycles. The molecule has 0 atom stereocenters. The van der Waals surface area contributed by atoms with Gasteiger partial charge in [0.1, 0.15) is 16.4 Å². The Morgan fingerprint density at radius 3 is 2.95 bits per heavy atom. The molecule has 0 aromatic carbocycles. The zero-order valence-electron chi connectivity index (χ0n) is 10.5. The van der Waals surface area contributed by atoms with Gasteiger partial charge in [-0.15, -0.1) is 0 Å². The molecule has 0 bridgehead atoms. The molecule has 3 aromatic heterocycles. The fourth-order valence-electron chi connectivity index (χ4n) is 1.80. The minimum Gasteiger partial charge on any atom is -0.478 e. The Labute approximate surface area is 118 Å². The molecule has 1 N–H and O–H groups in total. The smallest absolute Gasteiger partial charge is 0.335 e. The van der Waals surface area contributed by atoms with E-state index >= 15 is 0 Å². The van der Waals surface area contributed by atoms with E-state index in [9.17, 15) is 4.79 Å². The van der Waals surface area contributed by atoms with Gasteiger partial charge in [-0.05, 0) is 48.5 Å². The molecule has 0 unspecified atom stereocenters. The number of aryl methyl sites for hydroxylation is 1. The highest BCUT2D eigenvalue weighted by molar-refractivity contribution is 7.99. The van der Waals surface area contributed by atoms with Crippen LogP contribution in [0.15, 0.2) is 46.8 Å². The summed E-state index contributed by atoms with van der Waals surface area (Å²) in [5.41, 5.74) is 2.02. The van der Waals surface area contributed by atoms with Crippen molar-refractivity contribution >= 4 is 23.4 Å². The van der Waals surface area contributed by atoms with Crippen LogP contribution in [-0.4, -0.2) is 30.7 Å². The lowest BCUT2D eigenvalue weighted by atomic mass is 10.3.